The fourth-order valence-corrected chi connectivity index (χ4v) is 1.91. The number of amides is 2. The van der Waals surface area contributed by atoms with Gasteiger partial charge in [0, 0.05) is 18.0 Å². The Morgan fingerprint density at radius 3 is 3.07 bits per heavy atom. The average molecular weight is 208 g/mol. The molecule has 0 atom stereocenters. The van der Waals surface area contributed by atoms with E-state index >= 15 is 0 Å². The summed E-state index contributed by atoms with van der Waals surface area (Å²) >= 11 is 1.47. The predicted molar refractivity (Wildman–Crippen MR) is 54.7 cm³/mol. The largest absolute Gasteiger partial charge is 0.350 e. The van der Waals surface area contributed by atoms with Gasteiger partial charge in [-0.2, -0.15) is 5.10 Å². The number of hydrogen-bond acceptors (Lipinski definition) is 4. The van der Waals surface area contributed by atoms with Crippen molar-refractivity contribution < 1.29 is 4.79 Å². The number of primary amides is 1. The SMILES string of the molecule is NC(=O)N1CSC(c2cccnc2)=N1. The summed E-state index contributed by atoms with van der Waals surface area (Å²) in [7, 11) is 0. The van der Waals surface area contributed by atoms with Crippen molar-refractivity contribution in [1.82, 2.24) is 9.99 Å². The standard InChI is InChI=1S/C8H8N4OS/c9-8(13)12-5-14-7(11-12)6-2-1-3-10-4-6/h1-4H,5H2,(H2,9,13). The molecule has 0 unspecified atom stereocenters. The molecule has 72 valence electrons. The van der Waals surface area contributed by atoms with Gasteiger partial charge in [-0.1, -0.05) is 11.8 Å². The smallest absolute Gasteiger partial charge is 0.336 e. The molecule has 0 saturated heterocycles. The Kier molecular flexibility index (Phi) is 2.36. The van der Waals surface area contributed by atoms with E-state index in [4.69, 9.17) is 5.73 Å². The summed E-state index contributed by atoms with van der Waals surface area (Å²) in [6, 6.07) is 3.19. The van der Waals surface area contributed by atoms with Crippen LogP contribution in [0.25, 0.3) is 0 Å². The van der Waals surface area contributed by atoms with Crippen LogP contribution in [0.2, 0.25) is 0 Å². The number of pyridine rings is 1. The van der Waals surface area contributed by atoms with Crippen LogP contribution >= 0.6 is 11.8 Å². The predicted octanol–water partition coefficient (Wildman–Crippen LogP) is 0.828. The zero-order valence-electron chi connectivity index (χ0n) is 7.25. The van der Waals surface area contributed by atoms with Gasteiger partial charge in [0.1, 0.15) is 5.04 Å². The van der Waals surface area contributed by atoms with Crippen molar-refractivity contribution in [2.24, 2.45) is 10.8 Å². The van der Waals surface area contributed by atoms with Crippen molar-refractivity contribution in [1.29, 1.82) is 0 Å². The van der Waals surface area contributed by atoms with Crippen LogP contribution in [0.5, 0.6) is 0 Å². The number of nitrogens with two attached hydrogens (primary N) is 1. The Labute approximate surface area is 85.0 Å². The van der Waals surface area contributed by atoms with E-state index in [1.54, 1.807) is 12.4 Å². The summed E-state index contributed by atoms with van der Waals surface area (Å²) < 4.78 is 0. The van der Waals surface area contributed by atoms with E-state index in [1.807, 2.05) is 12.1 Å². The minimum absolute atomic E-state index is 0.472. The summed E-state index contributed by atoms with van der Waals surface area (Å²) in [5, 5.41) is 6.06. The van der Waals surface area contributed by atoms with Crippen LogP contribution in [0, 0.1) is 0 Å². The normalized spacial score (nSPS) is 15.4. The van der Waals surface area contributed by atoms with Crippen molar-refractivity contribution in [2.75, 3.05) is 5.88 Å². The Bertz CT molecular complexity index is 378. The minimum atomic E-state index is -0.531. The third kappa shape index (κ3) is 1.69. The number of rotatable bonds is 1. The van der Waals surface area contributed by atoms with Gasteiger partial charge in [0.05, 0.1) is 5.88 Å². The molecule has 14 heavy (non-hydrogen) atoms. The van der Waals surface area contributed by atoms with Gasteiger partial charge in [0.15, 0.2) is 0 Å². The monoisotopic (exact) mass is 208 g/mol. The molecule has 0 fully saturated rings. The maximum absolute atomic E-state index is 10.8. The Hall–Kier alpha value is -1.56. The van der Waals surface area contributed by atoms with E-state index in [1.165, 1.54) is 16.8 Å². The Morgan fingerprint density at radius 2 is 2.50 bits per heavy atom. The first-order valence-corrected chi connectivity index (χ1v) is 4.95. The zero-order chi connectivity index (χ0) is 9.97. The van der Waals surface area contributed by atoms with Gasteiger partial charge in [0.2, 0.25) is 0 Å². The first kappa shape index (κ1) is 9.01. The molecule has 1 aliphatic rings. The molecular formula is C8H8N4OS. The van der Waals surface area contributed by atoms with Crippen LogP contribution in [-0.4, -0.2) is 26.9 Å². The number of carbonyl (C=O) groups excluding carboxylic acids is 1. The zero-order valence-corrected chi connectivity index (χ0v) is 8.07. The number of aromatic nitrogens is 1. The lowest BCUT2D eigenvalue weighted by molar-refractivity contribution is 0.219. The van der Waals surface area contributed by atoms with Gasteiger partial charge in [-0.05, 0) is 12.1 Å². The third-order valence-electron chi connectivity index (χ3n) is 1.70. The minimum Gasteiger partial charge on any atom is -0.350 e. The lowest BCUT2D eigenvalue weighted by Crippen LogP contribution is -2.28. The van der Waals surface area contributed by atoms with Gasteiger partial charge in [-0.25, -0.2) is 9.80 Å². The molecule has 5 nitrogen and oxygen atoms in total. The summed E-state index contributed by atoms with van der Waals surface area (Å²) in [5.74, 6) is 0.472. The molecular weight excluding hydrogens is 200 g/mol. The van der Waals surface area contributed by atoms with Crippen LogP contribution in [0.3, 0.4) is 0 Å². The fourth-order valence-electron chi connectivity index (χ4n) is 1.03. The number of hydrogen-bond donors (Lipinski definition) is 1. The second-order valence-electron chi connectivity index (χ2n) is 2.66. The molecule has 0 spiro atoms. The first-order chi connectivity index (χ1) is 6.77. The number of urea groups is 1. The van der Waals surface area contributed by atoms with E-state index in [0.717, 1.165) is 10.6 Å². The number of hydrazone groups is 1. The van der Waals surface area contributed by atoms with Crippen LogP contribution < -0.4 is 5.73 Å². The van der Waals surface area contributed by atoms with Crippen molar-refractivity contribution in [2.45, 2.75) is 0 Å². The van der Waals surface area contributed by atoms with Crippen molar-refractivity contribution in [3.63, 3.8) is 0 Å². The summed E-state index contributed by atoms with van der Waals surface area (Å²) in [4.78, 5) is 14.8. The van der Waals surface area contributed by atoms with Gasteiger partial charge in [0.25, 0.3) is 0 Å². The topological polar surface area (TPSA) is 71.6 Å². The van der Waals surface area contributed by atoms with E-state index < -0.39 is 6.03 Å². The fraction of sp³-hybridized carbons (Fsp3) is 0.125. The van der Waals surface area contributed by atoms with E-state index in [-0.39, 0.29) is 0 Å². The van der Waals surface area contributed by atoms with Gasteiger partial charge in [-0.15, -0.1) is 0 Å². The molecule has 1 aromatic heterocycles. The highest BCUT2D eigenvalue weighted by molar-refractivity contribution is 8.14. The molecule has 6 heteroatoms. The quantitative estimate of drug-likeness (QED) is 0.743. The molecule has 1 aliphatic heterocycles. The second-order valence-corrected chi connectivity index (χ2v) is 3.59. The van der Waals surface area contributed by atoms with Gasteiger partial charge in [-0.3, -0.25) is 4.98 Å². The summed E-state index contributed by atoms with van der Waals surface area (Å²) in [6.07, 6.45) is 3.39. The average Bonchev–Trinajstić information content (AvgIpc) is 2.68. The highest BCUT2D eigenvalue weighted by atomic mass is 32.2. The molecule has 2 heterocycles. The number of thioether (sulfide) groups is 1. The lowest BCUT2D eigenvalue weighted by atomic mass is 10.3. The Balaban J connectivity index is 2.22. The first-order valence-electron chi connectivity index (χ1n) is 3.96. The summed E-state index contributed by atoms with van der Waals surface area (Å²) in [5.41, 5.74) is 5.99. The number of carbonyl (C=O) groups is 1. The summed E-state index contributed by atoms with van der Waals surface area (Å²) in [6.45, 7) is 0. The molecule has 0 aromatic carbocycles. The second kappa shape index (κ2) is 3.67. The maximum Gasteiger partial charge on any atom is 0.336 e. The number of nitrogens with zero attached hydrogens (tertiary/aromatic N) is 3. The highest BCUT2D eigenvalue weighted by Crippen LogP contribution is 2.21. The van der Waals surface area contributed by atoms with E-state index in [9.17, 15) is 4.79 Å². The Morgan fingerprint density at radius 1 is 1.64 bits per heavy atom. The van der Waals surface area contributed by atoms with Crippen LogP contribution in [0.4, 0.5) is 4.79 Å². The highest BCUT2D eigenvalue weighted by Gasteiger charge is 2.19. The van der Waals surface area contributed by atoms with Crippen LogP contribution in [-0.2, 0) is 0 Å². The van der Waals surface area contributed by atoms with Gasteiger partial charge >= 0.3 is 6.03 Å². The van der Waals surface area contributed by atoms with Crippen molar-refractivity contribution in [3.05, 3.63) is 30.1 Å². The van der Waals surface area contributed by atoms with E-state index in [2.05, 4.69) is 10.1 Å². The molecule has 2 amide bonds. The van der Waals surface area contributed by atoms with Crippen LogP contribution in [0.1, 0.15) is 5.56 Å². The molecule has 0 bridgehead atoms. The van der Waals surface area contributed by atoms with Crippen LogP contribution in [0.15, 0.2) is 29.6 Å². The molecule has 1 aromatic rings. The third-order valence-corrected chi connectivity index (χ3v) is 2.66. The molecule has 0 saturated carbocycles. The molecule has 0 radical (unpaired) electrons. The van der Waals surface area contributed by atoms with Crippen molar-refractivity contribution >= 4 is 22.8 Å². The van der Waals surface area contributed by atoms with E-state index in [0.29, 0.717) is 5.88 Å². The van der Waals surface area contributed by atoms with Crippen molar-refractivity contribution in [3.8, 4) is 0 Å². The molecule has 2 rings (SSSR count). The maximum atomic E-state index is 10.8. The molecule has 0 aliphatic carbocycles. The molecule has 2 N–H and O–H groups in total. The lowest BCUT2D eigenvalue weighted by Gasteiger charge is -2.03. The van der Waals surface area contributed by atoms with Gasteiger partial charge < -0.3 is 5.73 Å².